The second-order valence-corrected chi connectivity index (χ2v) is 5.45. The van der Waals surface area contributed by atoms with Gasteiger partial charge in [0.15, 0.2) is 0 Å². The highest BCUT2D eigenvalue weighted by Crippen LogP contribution is 2.34. The Balaban J connectivity index is 2.52. The Kier molecular flexibility index (Phi) is 3.48. The highest BCUT2D eigenvalue weighted by Gasteiger charge is 2.13. The van der Waals surface area contributed by atoms with Crippen LogP contribution in [0.15, 0.2) is 18.2 Å². The van der Waals surface area contributed by atoms with Crippen LogP contribution >= 0.6 is 11.3 Å². The molecule has 1 heterocycles. The number of nitrogens with zero attached hydrogens (tertiary/aromatic N) is 1. The molecular weight excluding hydrogens is 228 g/mol. The lowest BCUT2D eigenvalue weighted by atomic mass is 10.0. The number of hydrogen-bond donors (Lipinski definition) is 1. The molecule has 0 amide bonds. The van der Waals surface area contributed by atoms with Gasteiger partial charge in [-0.1, -0.05) is 25.1 Å². The maximum absolute atomic E-state index is 6.10. The molecule has 0 saturated heterocycles. The van der Waals surface area contributed by atoms with Crippen LogP contribution in [0.3, 0.4) is 0 Å². The molecule has 0 atom stereocenters. The second-order valence-electron chi connectivity index (χ2n) is 4.34. The van der Waals surface area contributed by atoms with Crippen molar-refractivity contribution in [1.29, 1.82) is 0 Å². The van der Waals surface area contributed by atoms with Gasteiger partial charge in [0.1, 0.15) is 10.7 Å². The number of hydrogen-bond acceptors (Lipinski definition) is 3. The molecule has 0 unspecified atom stereocenters. The number of aromatic nitrogens is 1. The van der Waals surface area contributed by atoms with E-state index in [0.29, 0.717) is 0 Å². The van der Waals surface area contributed by atoms with Crippen molar-refractivity contribution in [2.45, 2.75) is 33.6 Å². The smallest absolute Gasteiger partial charge is 0.114 e. The minimum absolute atomic E-state index is 0.839. The summed E-state index contributed by atoms with van der Waals surface area (Å²) < 4.78 is 0. The number of nitrogens with two attached hydrogens (primary N) is 1. The van der Waals surface area contributed by atoms with Crippen LogP contribution in [0.5, 0.6) is 0 Å². The second kappa shape index (κ2) is 4.88. The topological polar surface area (TPSA) is 38.9 Å². The van der Waals surface area contributed by atoms with Gasteiger partial charge >= 0.3 is 0 Å². The number of nitrogen functional groups attached to an aromatic ring is 1. The first-order chi connectivity index (χ1) is 8.13. The summed E-state index contributed by atoms with van der Waals surface area (Å²) in [7, 11) is 0. The number of thiazole rings is 1. The van der Waals surface area contributed by atoms with E-state index in [2.05, 4.69) is 44.0 Å². The highest BCUT2D eigenvalue weighted by molar-refractivity contribution is 7.16. The third-order valence-corrected chi connectivity index (χ3v) is 3.82. The van der Waals surface area contributed by atoms with Gasteiger partial charge in [-0.25, -0.2) is 4.98 Å². The summed E-state index contributed by atoms with van der Waals surface area (Å²) in [6.07, 6.45) is 2.12. The van der Waals surface area contributed by atoms with Gasteiger partial charge in [-0.3, -0.25) is 0 Å². The van der Waals surface area contributed by atoms with Gasteiger partial charge in [-0.2, -0.15) is 0 Å². The normalized spacial score (nSPS) is 10.8. The van der Waals surface area contributed by atoms with Gasteiger partial charge in [0, 0.05) is 5.56 Å². The van der Waals surface area contributed by atoms with Crippen molar-refractivity contribution in [3.8, 4) is 11.3 Å². The molecular formula is C14H18N2S. The average Bonchev–Trinajstić information content (AvgIpc) is 2.60. The number of aryl methyl sites for hydroxylation is 3. The van der Waals surface area contributed by atoms with Gasteiger partial charge in [-0.05, 0) is 37.8 Å². The summed E-state index contributed by atoms with van der Waals surface area (Å²) in [6.45, 7) is 6.39. The minimum Gasteiger partial charge on any atom is -0.389 e. The molecule has 0 aliphatic rings. The zero-order valence-electron chi connectivity index (χ0n) is 10.6. The Morgan fingerprint density at radius 1 is 1.24 bits per heavy atom. The van der Waals surface area contributed by atoms with Crippen molar-refractivity contribution in [3.05, 3.63) is 34.3 Å². The molecule has 0 spiro atoms. The Hall–Kier alpha value is -1.35. The summed E-state index contributed by atoms with van der Waals surface area (Å²) in [5, 5.41) is 1.98. The first kappa shape index (κ1) is 12.1. The van der Waals surface area contributed by atoms with Crippen molar-refractivity contribution in [2.75, 3.05) is 5.73 Å². The van der Waals surface area contributed by atoms with Crippen LogP contribution in [-0.2, 0) is 6.42 Å². The highest BCUT2D eigenvalue weighted by atomic mass is 32.1. The molecule has 0 aliphatic heterocycles. The van der Waals surface area contributed by atoms with E-state index in [4.69, 9.17) is 5.73 Å². The summed E-state index contributed by atoms with van der Waals surface area (Å²) in [6, 6.07) is 6.30. The summed E-state index contributed by atoms with van der Waals surface area (Å²) in [4.78, 5) is 4.68. The Morgan fingerprint density at radius 3 is 2.47 bits per heavy atom. The van der Waals surface area contributed by atoms with E-state index in [9.17, 15) is 0 Å². The Morgan fingerprint density at radius 2 is 1.88 bits per heavy atom. The quantitative estimate of drug-likeness (QED) is 0.890. The minimum atomic E-state index is 0.839. The van der Waals surface area contributed by atoms with E-state index in [1.807, 2.05) is 0 Å². The fourth-order valence-electron chi connectivity index (χ4n) is 2.07. The van der Waals surface area contributed by atoms with Crippen molar-refractivity contribution in [2.24, 2.45) is 0 Å². The molecule has 0 saturated carbocycles. The molecule has 1 aromatic heterocycles. The van der Waals surface area contributed by atoms with Crippen LogP contribution in [0.4, 0.5) is 5.00 Å². The largest absolute Gasteiger partial charge is 0.389 e. The molecule has 2 N–H and O–H groups in total. The fourth-order valence-corrected chi connectivity index (χ4v) is 3.01. The molecule has 2 rings (SSSR count). The van der Waals surface area contributed by atoms with Gasteiger partial charge < -0.3 is 5.73 Å². The predicted molar refractivity (Wildman–Crippen MR) is 75.4 cm³/mol. The number of rotatable bonds is 3. The lowest BCUT2D eigenvalue weighted by molar-refractivity contribution is 0.910. The monoisotopic (exact) mass is 246 g/mol. The van der Waals surface area contributed by atoms with E-state index >= 15 is 0 Å². The first-order valence-corrected chi connectivity index (χ1v) is 6.77. The summed E-state index contributed by atoms with van der Waals surface area (Å²) in [5.74, 6) is 0. The summed E-state index contributed by atoms with van der Waals surface area (Å²) >= 11 is 1.62. The van der Waals surface area contributed by atoms with E-state index in [1.165, 1.54) is 16.7 Å². The lowest BCUT2D eigenvalue weighted by Crippen LogP contribution is -1.92. The molecule has 0 bridgehead atoms. The molecule has 0 fully saturated rings. The summed E-state index contributed by atoms with van der Waals surface area (Å²) in [5.41, 5.74) is 10.7. The Labute approximate surface area is 107 Å². The van der Waals surface area contributed by atoms with Crippen molar-refractivity contribution in [1.82, 2.24) is 4.98 Å². The van der Waals surface area contributed by atoms with E-state index < -0.39 is 0 Å². The fraction of sp³-hybridized carbons (Fsp3) is 0.357. The molecule has 0 aliphatic carbocycles. The lowest BCUT2D eigenvalue weighted by Gasteiger charge is -2.07. The van der Waals surface area contributed by atoms with E-state index in [-0.39, 0.29) is 0 Å². The molecule has 1 aromatic carbocycles. The van der Waals surface area contributed by atoms with Gasteiger partial charge in [0.05, 0.1) is 5.01 Å². The van der Waals surface area contributed by atoms with Crippen LogP contribution in [0.25, 0.3) is 11.3 Å². The molecule has 2 aromatic rings. The maximum Gasteiger partial charge on any atom is 0.114 e. The van der Waals surface area contributed by atoms with Crippen LogP contribution in [0, 0.1) is 13.8 Å². The Bertz CT molecular complexity index is 509. The molecule has 3 heteroatoms. The van der Waals surface area contributed by atoms with Crippen molar-refractivity contribution < 1.29 is 0 Å². The zero-order chi connectivity index (χ0) is 12.4. The third-order valence-electron chi connectivity index (χ3n) is 2.88. The van der Waals surface area contributed by atoms with Gasteiger partial charge in [-0.15, -0.1) is 11.3 Å². The molecule has 90 valence electrons. The van der Waals surface area contributed by atoms with Gasteiger partial charge in [0.25, 0.3) is 0 Å². The van der Waals surface area contributed by atoms with Crippen LogP contribution in [-0.4, -0.2) is 4.98 Å². The third kappa shape index (κ3) is 2.34. The standard InChI is InChI=1S/C14H18N2S/c1-4-6-11-16-13(14(15)17-11)12-9(2)7-5-8-10(12)3/h5,7-8H,4,6,15H2,1-3H3. The predicted octanol–water partition coefficient (Wildman–Crippen LogP) is 3.96. The number of benzene rings is 1. The number of anilines is 1. The van der Waals surface area contributed by atoms with Crippen LogP contribution in [0.2, 0.25) is 0 Å². The van der Waals surface area contributed by atoms with Crippen molar-refractivity contribution in [3.63, 3.8) is 0 Å². The SMILES string of the molecule is CCCc1nc(-c2c(C)cccc2C)c(N)s1. The molecule has 0 radical (unpaired) electrons. The van der Waals surface area contributed by atoms with Gasteiger partial charge in [0.2, 0.25) is 0 Å². The average molecular weight is 246 g/mol. The van der Waals surface area contributed by atoms with E-state index in [0.717, 1.165) is 28.5 Å². The van der Waals surface area contributed by atoms with Crippen LogP contribution < -0.4 is 5.73 Å². The molecule has 17 heavy (non-hydrogen) atoms. The zero-order valence-corrected chi connectivity index (χ0v) is 11.4. The van der Waals surface area contributed by atoms with E-state index in [1.54, 1.807) is 11.3 Å². The maximum atomic E-state index is 6.10. The van der Waals surface area contributed by atoms with Crippen LogP contribution in [0.1, 0.15) is 29.5 Å². The van der Waals surface area contributed by atoms with Crippen molar-refractivity contribution >= 4 is 16.3 Å². The first-order valence-electron chi connectivity index (χ1n) is 5.95. The molecule has 2 nitrogen and oxygen atoms in total.